The summed E-state index contributed by atoms with van der Waals surface area (Å²) in [5, 5.41) is 9.79. The van der Waals surface area contributed by atoms with Crippen LogP contribution in [-0.4, -0.2) is 47.7 Å². The number of carbonyl (C=O) groups is 2. The van der Waals surface area contributed by atoms with Crippen LogP contribution >= 0.6 is 23.2 Å². The highest BCUT2D eigenvalue weighted by molar-refractivity contribution is 6.42. The lowest BCUT2D eigenvalue weighted by atomic mass is 10.1. The fraction of sp³-hybridized carbons (Fsp3) is 0.375. The van der Waals surface area contributed by atoms with E-state index in [2.05, 4.69) is 0 Å². The maximum atomic E-state index is 12.4. The number of hydrogen-bond donors (Lipinski definition) is 1. The van der Waals surface area contributed by atoms with Crippen molar-refractivity contribution in [3.05, 3.63) is 39.9 Å². The van der Waals surface area contributed by atoms with Gasteiger partial charge >= 0.3 is 5.97 Å². The van der Waals surface area contributed by atoms with Crippen LogP contribution in [0, 0.1) is 0 Å². The highest BCUT2D eigenvalue weighted by Crippen LogP contribution is 2.26. The first-order valence-corrected chi connectivity index (χ1v) is 7.97. The number of ether oxygens (including phenoxy) is 1. The molecule has 0 radical (unpaired) electrons. The molecule has 1 aromatic carbocycles. The lowest BCUT2D eigenvalue weighted by Crippen LogP contribution is -2.45. The van der Waals surface area contributed by atoms with Crippen LogP contribution in [0.15, 0.2) is 24.3 Å². The quantitative estimate of drug-likeness (QED) is 0.822. The van der Waals surface area contributed by atoms with Crippen molar-refractivity contribution in [3.63, 3.8) is 0 Å². The van der Waals surface area contributed by atoms with Gasteiger partial charge in [-0.15, -0.1) is 0 Å². The number of carbonyl (C=O) groups excluding carboxylic acids is 1. The minimum atomic E-state index is -1.04. The molecular formula is C16H17Cl2NO4. The Morgan fingerprint density at radius 1 is 1.30 bits per heavy atom. The Labute approximate surface area is 144 Å². The smallest absolute Gasteiger partial charge is 0.323 e. The molecule has 1 aliphatic rings. The molecule has 1 fully saturated rings. The minimum absolute atomic E-state index is 0.133. The predicted octanol–water partition coefficient (Wildman–Crippen LogP) is 3.10. The second-order valence-electron chi connectivity index (χ2n) is 5.18. The van der Waals surface area contributed by atoms with Crippen molar-refractivity contribution in [1.29, 1.82) is 0 Å². The van der Waals surface area contributed by atoms with E-state index in [9.17, 15) is 9.59 Å². The van der Waals surface area contributed by atoms with Crippen LogP contribution in [-0.2, 0) is 14.3 Å². The fourth-order valence-electron chi connectivity index (χ4n) is 2.44. The number of hydrogen-bond acceptors (Lipinski definition) is 3. The molecule has 0 aromatic heterocycles. The van der Waals surface area contributed by atoms with Gasteiger partial charge in [-0.3, -0.25) is 9.59 Å². The summed E-state index contributed by atoms with van der Waals surface area (Å²) in [6.07, 6.45) is 4.14. The summed E-state index contributed by atoms with van der Waals surface area (Å²) >= 11 is 12.0. The summed E-state index contributed by atoms with van der Waals surface area (Å²) < 4.78 is 5.26. The van der Waals surface area contributed by atoms with Gasteiger partial charge in [0.15, 0.2) is 0 Å². The van der Waals surface area contributed by atoms with Gasteiger partial charge in [0.1, 0.15) is 6.54 Å². The third-order valence-corrected chi connectivity index (χ3v) is 4.44. The largest absolute Gasteiger partial charge is 0.480 e. The van der Waals surface area contributed by atoms with Gasteiger partial charge in [0.2, 0.25) is 5.91 Å². The molecule has 23 heavy (non-hydrogen) atoms. The van der Waals surface area contributed by atoms with Gasteiger partial charge in [-0.25, -0.2) is 0 Å². The van der Waals surface area contributed by atoms with Crippen molar-refractivity contribution in [2.75, 3.05) is 19.8 Å². The van der Waals surface area contributed by atoms with Crippen LogP contribution in [0.3, 0.4) is 0 Å². The Morgan fingerprint density at radius 2 is 2.00 bits per heavy atom. The number of nitrogens with zero attached hydrogens (tertiary/aromatic N) is 1. The molecule has 1 amide bonds. The maximum Gasteiger partial charge on any atom is 0.323 e. The molecule has 0 atom stereocenters. The molecule has 0 bridgehead atoms. The Balaban J connectivity index is 2.14. The van der Waals surface area contributed by atoms with Gasteiger partial charge < -0.3 is 14.7 Å². The van der Waals surface area contributed by atoms with E-state index in [4.69, 9.17) is 33.0 Å². The number of benzene rings is 1. The van der Waals surface area contributed by atoms with Crippen LogP contribution in [0.5, 0.6) is 0 Å². The SMILES string of the molecule is O=C(O)CN(C(=O)/C=C/c1cccc(Cl)c1Cl)C1CCOCC1. The average Bonchev–Trinajstić information content (AvgIpc) is 2.54. The number of carboxylic acid groups (broad SMARTS) is 1. The molecule has 1 aliphatic heterocycles. The summed E-state index contributed by atoms with van der Waals surface area (Å²) in [5.41, 5.74) is 0.606. The van der Waals surface area contributed by atoms with E-state index in [0.29, 0.717) is 41.7 Å². The molecule has 1 N–H and O–H groups in total. The molecule has 124 valence electrons. The maximum absolute atomic E-state index is 12.4. The molecule has 0 spiro atoms. The van der Waals surface area contributed by atoms with Crippen LogP contribution < -0.4 is 0 Å². The first-order chi connectivity index (χ1) is 11.0. The predicted molar refractivity (Wildman–Crippen MR) is 88.7 cm³/mol. The first kappa shape index (κ1) is 17.8. The second-order valence-corrected chi connectivity index (χ2v) is 5.96. The molecule has 1 aromatic rings. The van der Waals surface area contributed by atoms with Gasteiger partial charge in [0.05, 0.1) is 10.0 Å². The Hall–Kier alpha value is -1.56. The van der Waals surface area contributed by atoms with E-state index in [1.54, 1.807) is 24.3 Å². The molecular weight excluding hydrogens is 341 g/mol. The molecule has 0 unspecified atom stereocenters. The summed E-state index contributed by atoms with van der Waals surface area (Å²) in [6.45, 7) is 0.715. The van der Waals surface area contributed by atoms with Crippen molar-refractivity contribution in [2.24, 2.45) is 0 Å². The Bertz CT molecular complexity index is 612. The number of aliphatic carboxylic acids is 1. The van der Waals surface area contributed by atoms with Gasteiger partial charge in [0, 0.05) is 25.3 Å². The number of rotatable bonds is 5. The molecule has 0 aliphatic carbocycles. The standard InChI is InChI=1S/C16H17Cl2NO4/c17-13-3-1-2-11(16(13)18)4-5-14(20)19(10-15(21)22)12-6-8-23-9-7-12/h1-5,12H,6-10H2,(H,21,22)/b5-4+. The van der Waals surface area contributed by atoms with Crippen LogP contribution in [0.4, 0.5) is 0 Å². The molecule has 7 heteroatoms. The van der Waals surface area contributed by atoms with Crippen LogP contribution in [0.25, 0.3) is 6.08 Å². The normalized spacial score (nSPS) is 15.7. The van der Waals surface area contributed by atoms with Crippen molar-refractivity contribution in [3.8, 4) is 0 Å². The Kier molecular flexibility index (Phi) is 6.45. The zero-order valence-corrected chi connectivity index (χ0v) is 13.9. The topological polar surface area (TPSA) is 66.8 Å². The summed E-state index contributed by atoms with van der Waals surface area (Å²) in [7, 11) is 0. The minimum Gasteiger partial charge on any atom is -0.480 e. The number of halogens is 2. The van der Waals surface area contributed by atoms with Crippen molar-refractivity contribution >= 4 is 41.2 Å². The van der Waals surface area contributed by atoms with Gasteiger partial charge in [-0.1, -0.05) is 35.3 Å². The monoisotopic (exact) mass is 357 g/mol. The van der Waals surface area contributed by atoms with Crippen LogP contribution in [0.2, 0.25) is 10.0 Å². The van der Waals surface area contributed by atoms with Crippen LogP contribution in [0.1, 0.15) is 18.4 Å². The molecule has 1 saturated heterocycles. The number of carboxylic acids is 1. The molecule has 0 saturated carbocycles. The number of amides is 1. The fourth-order valence-corrected chi connectivity index (χ4v) is 2.81. The zero-order valence-electron chi connectivity index (χ0n) is 12.4. The average molecular weight is 358 g/mol. The summed E-state index contributed by atoms with van der Waals surface area (Å²) in [5.74, 6) is -1.41. The van der Waals surface area contributed by atoms with E-state index < -0.39 is 5.97 Å². The van der Waals surface area contributed by atoms with Crippen molar-refractivity contribution in [2.45, 2.75) is 18.9 Å². The first-order valence-electron chi connectivity index (χ1n) is 7.21. The van der Waals surface area contributed by atoms with Gasteiger partial charge in [0.25, 0.3) is 0 Å². The van der Waals surface area contributed by atoms with E-state index in [0.717, 1.165) is 0 Å². The van der Waals surface area contributed by atoms with Crippen molar-refractivity contribution in [1.82, 2.24) is 4.90 Å². The highest BCUT2D eigenvalue weighted by atomic mass is 35.5. The van der Waals surface area contributed by atoms with Crippen molar-refractivity contribution < 1.29 is 19.4 Å². The lowest BCUT2D eigenvalue weighted by Gasteiger charge is -2.32. The van der Waals surface area contributed by atoms with Gasteiger partial charge in [-0.05, 0) is 30.5 Å². The molecule has 1 heterocycles. The van der Waals surface area contributed by atoms with E-state index in [1.165, 1.54) is 11.0 Å². The second kappa shape index (κ2) is 8.34. The third-order valence-electron chi connectivity index (χ3n) is 3.61. The summed E-state index contributed by atoms with van der Waals surface area (Å²) in [4.78, 5) is 24.8. The molecule has 5 nitrogen and oxygen atoms in total. The Morgan fingerprint density at radius 3 is 2.65 bits per heavy atom. The lowest BCUT2D eigenvalue weighted by molar-refractivity contribution is -0.145. The van der Waals surface area contributed by atoms with E-state index >= 15 is 0 Å². The van der Waals surface area contributed by atoms with E-state index in [-0.39, 0.29) is 18.5 Å². The van der Waals surface area contributed by atoms with E-state index in [1.807, 2.05) is 0 Å². The summed E-state index contributed by atoms with van der Waals surface area (Å²) in [6, 6.07) is 4.98. The van der Waals surface area contributed by atoms with Gasteiger partial charge in [-0.2, -0.15) is 0 Å². The third kappa shape index (κ3) is 4.96. The highest BCUT2D eigenvalue weighted by Gasteiger charge is 2.26. The molecule has 2 rings (SSSR count). The zero-order chi connectivity index (χ0) is 16.8.